The first-order valence-corrected chi connectivity index (χ1v) is 7.06. The smallest absolute Gasteiger partial charge is 0.341 e. The third-order valence-corrected chi connectivity index (χ3v) is 4.90. The largest absolute Gasteiger partial charge is 0.477 e. The van der Waals surface area contributed by atoms with Crippen molar-refractivity contribution in [1.29, 1.82) is 0 Å². The summed E-state index contributed by atoms with van der Waals surface area (Å²) in [6.07, 6.45) is 2.41. The van der Waals surface area contributed by atoms with Crippen molar-refractivity contribution < 1.29 is 9.90 Å². The summed E-state index contributed by atoms with van der Waals surface area (Å²) in [5.74, 6) is 0.870. The average Bonchev–Trinajstić information content (AvgIpc) is 2.81. The second kappa shape index (κ2) is 4.84. The molecule has 100 valence electrons. The Labute approximate surface area is 111 Å². The zero-order chi connectivity index (χ0) is 13.3. The molecule has 1 atom stereocenters. The van der Waals surface area contributed by atoms with Gasteiger partial charge in [0.25, 0.3) is 0 Å². The maximum atomic E-state index is 11.2. The SMILES string of the molecule is Cc1nn(C)c(NCC2(C)CCCS2)c1C(=O)O. The first-order chi connectivity index (χ1) is 8.43. The summed E-state index contributed by atoms with van der Waals surface area (Å²) in [6.45, 7) is 4.72. The first kappa shape index (κ1) is 13.3. The highest BCUT2D eigenvalue weighted by atomic mass is 32.2. The zero-order valence-corrected chi connectivity index (χ0v) is 11.8. The molecule has 0 bridgehead atoms. The third-order valence-electron chi connectivity index (χ3n) is 3.37. The molecule has 2 N–H and O–H groups in total. The highest BCUT2D eigenvalue weighted by molar-refractivity contribution is 8.00. The molecule has 2 rings (SSSR count). The first-order valence-electron chi connectivity index (χ1n) is 6.08. The van der Waals surface area contributed by atoms with E-state index in [9.17, 15) is 9.90 Å². The number of carboxylic acid groups (broad SMARTS) is 1. The van der Waals surface area contributed by atoms with Gasteiger partial charge in [-0.3, -0.25) is 4.68 Å². The second-order valence-electron chi connectivity index (χ2n) is 4.99. The van der Waals surface area contributed by atoms with Gasteiger partial charge in [-0.05, 0) is 32.4 Å². The number of carbonyl (C=O) groups is 1. The lowest BCUT2D eigenvalue weighted by atomic mass is 10.1. The van der Waals surface area contributed by atoms with Gasteiger partial charge in [-0.25, -0.2) is 4.79 Å². The Hall–Kier alpha value is -1.17. The number of rotatable bonds is 4. The van der Waals surface area contributed by atoms with E-state index in [-0.39, 0.29) is 10.3 Å². The molecule has 5 nitrogen and oxygen atoms in total. The van der Waals surface area contributed by atoms with Crippen molar-refractivity contribution in [2.75, 3.05) is 17.6 Å². The minimum Gasteiger partial charge on any atom is -0.477 e. The Bertz CT molecular complexity index is 464. The van der Waals surface area contributed by atoms with Crippen molar-refractivity contribution in [1.82, 2.24) is 9.78 Å². The van der Waals surface area contributed by atoms with Crippen molar-refractivity contribution in [3.63, 3.8) is 0 Å². The van der Waals surface area contributed by atoms with Gasteiger partial charge in [-0.1, -0.05) is 0 Å². The quantitative estimate of drug-likeness (QED) is 0.876. The lowest BCUT2D eigenvalue weighted by Gasteiger charge is -2.23. The normalized spacial score (nSPS) is 23.3. The Morgan fingerprint density at radius 3 is 2.94 bits per heavy atom. The molecule has 0 saturated carbocycles. The van der Waals surface area contributed by atoms with Crippen LogP contribution in [-0.4, -0.2) is 37.9 Å². The Morgan fingerprint density at radius 1 is 1.67 bits per heavy atom. The number of nitrogens with one attached hydrogen (secondary N) is 1. The fourth-order valence-corrected chi connectivity index (χ4v) is 3.61. The highest BCUT2D eigenvalue weighted by Gasteiger charge is 2.30. The fourth-order valence-electron chi connectivity index (χ4n) is 2.36. The van der Waals surface area contributed by atoms with Gasteiger partial charge in [-0.15, -0.1) is 0 Å². The molecule has 2 heterocycles. The van der Waals surface area contributed by atoms with Gasteiger partial charge in [0.2, 0.25) is 0 Å². The highest BCUT2D eigenvalue weighted by Crippen LogP contribution is 2.37. The van der Waals surface area contributed by atoms with Crippen molar-refractivity contribution in [2.45, 2.75) is 31.4 Å². The van der Waals surface area contributed by atoms with Gasteiger partial charge in [0.05, 0.1) is 5.69 Å². The topological polar surface area (TPSA) is 67.2 Å². The van der Waals surface area contributed by atoms with Crippen LogP contribution in [0, 0.1) is 6.92 Å². The van der Waals surface area contributed by atoms with E-state index in [0.717, 1.165) is 6.54 Å². The van der Waals surface area contributed by atoms with E-state index < -0.39 is 5.97 Å². The minimum atomic E-state index is -0.924. The molecule has 1 aliphatic heterocycles. The van der Waals surface area contributed by atoms with Crippen LogP contribution in [0.25, 0.3) is 0 Å². The average molecular weight is 269 g/mol. The molecule has 1 aromatic rings. The summed E-state index contributed by atoms with van der Waals surface area (Å²) < 4.78 is 1.82. The number of hydrogen-bond acceptors (Lipinski definition) is 4. The van der Waals surface area contributed by atoms with Crippen LogP contribution in [0.1, 0.15) is 35.8 Å². The van der Waals surface area contributed by atoms with Crippen LogP contribution >= 0.6 is 11.8 Å². The summed E-state index contributed by atoms with van der Waals surface area (Å²) in [7, 11) is 1.77. The van der Waals surface area contributed by atoms with Gasteiger partial charge in [0.1, 0.15) is 11.4 Å². The standard InChI is InChI=1S/C12H19N3O2S/c1-8-9(11(16)17)10(15(3)14-8)13-7-12(2)5-4-6-18-12/h13H,4-7H2,1-3H3,(H,16,17). The van der Waals surface area contributed by atoms with E-state index in [1.165, 1.54) is 18.6 Å². The van der Waals surface area contributed by atoms with Crippen LogP contribution in [0.4, 0.5) is 5.82 Å². The molecular weight excluding hydrogens is 250 g/mol. The van der Waals surface area contributed by atoms with Crippen molar-refractivity contribution in [2.24, 2.45) is 7.05 Å². The summed E-state index contributed by atoms with van der Waals surface area (Å²) in [5, 5.41) is 16.6. The number of aromatic nitrogens is 2. The summed E-state index contributed by atoms with van der Waals surface area (Å²) in [6, 6.07) is 0. The maximum Gasteiger partial charge on any atom is 0.341 e. The molecule has 0 aromatic carbocycles. The summed E-state index contributed by atoms with van der Waals surface area (Å²) in [4.78, 5) is 11.2. The number of anilines is 1. The summed E-state index contributed by atoms with van der Waals surface area (Å²) in [5.41, 5.74) is 0.834. The molecule has 6 heteroatoms. The van der Waals surface area contributed by atoms with Crippen LogP contribution in [-0.2, 0) is 7.05 Å². The molecule has 0 radical (unpaired) electrons. The van der Waals surface area contributed by atoms with Crippen LogP contribution in [0.15, 0.2) is 0 Å². The molecule has 0 amide bonds. The van der Waals surface area contributed by atoms with Crippen LogP contribution in [0.5, 0.6) is 0 Å². The van der Waals surface area contributed by atoms with E-state index in [2.05, 4.69) is 17.3 Å². The van der Waals surface area contributed by atoms with E-state index in [4.69, 9.17) is 0 Å². The maximum absolute atomic E-state index is 11.2. The molecular formula is C12H19N3O2S. The van der Waals surface area contributed by atoms with Gasteiger partial charge in [-0.2, -0.15) is 16.9 Å². The van der Waals surface area contributed by atoms with Gasteiger partial charge < -0.3 is 10.4 Å². The molecule has 1 aliphatic rings. The van der Waals surface area contributed by atoms with E-state index in [1.807, 2.05) is 11.8 Å². The lowest BCUT2D eigenvalue weighted by molar-refractivity contribution is 0.0697. The molecule has 1 unspecified atom stereocenters. The fraction of sp³-hybridized carbons (Fsp3) is 0.667. The van der Waals surface area contributed by atoms with E-state index >= 15 is 0 Å². The molecule has 18 heavy (non-hydrogen) atoms. The monoisotopic (exact) mass is 269 g/mol. The Kier molecular flexibility index (Phi) is 3.56. The third kappa shape index (κ3) is 2.48. The van der Waals surface area contributed by atoms with Gasteiger partial charge in [0, 0.05) is 18.3 Å². The number of thioether (sulfide) groups is 1. The van der Waals surface area contributed by atoms with Crippen LogP contribution in [0.3, 0.4) is 0 Å². The Morgan fingerprint density at radius 2 is 2.39 bits per heavy atom. The molecule has 0 spiro atoms. The number of carboxylic acids is 1. The van der Waals surface area contributed by atoms with Gasteiger partial charge >= 0.3 is 5.97 Å². The molecule has 0 aliphatic carbocycles. The zero-order valence-electron chi connectivity index (χ0n) is 11.0. The Balaban J connectivity index is 2.16. The summed E-state index contributed by atoms with van der Waals surface area (Å²) >= 11 is 1.95. The number of aromatic carboxylic acids is 1. The molecule has 1 fully saturated rings. The predicted molar refractivity (Wildman–Crippen MR) is 73.5 cm³/mol. The molecule has 1 saturated heterocycles. The van der Waals surface area contributed by atoms with E-state index in [0.29, 0.717) is 11.5 Å². The van der Waals surface area contributed by atoms with Crippen LogP contribution in [0.2, 0.25) is 0 Å². The lowest BCUT2D eigenvalue weighted by Crippen LogP contribution is -2.28. The number of aryl methyl sites for hydroxylation is 2. The van der Waals surface area contributed by atoms with Crippen LogP contribution < -0.4 is 5.32 Å². The second-order valence-corrected chi connectivity index (χ2v) is 6.68. The van der Waals surface area contributed by atoms with Crippen molar-refractivity contribution in [3.8, 4) is 0 Å². The predicted octanol–water partition coefficient (Wildman–Crippen LogP) is 2.12. The minimum absolute atomic E-state index is 0.202. The van der Waals surface area contributed by atoms with E-state index in [1.54, 1.807) is 18.7 Å². The van der Waals surface area contributed by atoms with Gasteiger partial charge in [0.15, 0.2) is 0 Å². The van der Waals surface area contributed by atoms with Crippen molar-refractivity contribution >= 4 is 23.5 Å². The number of hydrogen-bond donors (Lipinski definition) is 2. The van der Waals surface area contributed by atoms with Crippen molar-refractivity contribution in [3.05, 3.63) is 11.3 Å². The number of nitrogens with zero attached hydrogens (tertiary/aromatic N) is 2. The molecule has 1 aromatic heterocycles.